The first-order valence-electron chi connectivity index (χ1n) is 8.94. The van der Waals surface area contributed by atoms with Gasteiger partial charge in [0.15, 0.2) is 11.5 Å². The van der Waals surface area contributed by atoms with Gasteiger partial charge in [-0.25, -0.2) is 0 Å². The number of amides is 1. The molecule has 0 spiro atoms. The summed E-state index contributed by atoms with van der Waals surface area (Å²) in [7, 11) is 4.71. The van der Waals surface area contributed by atoms with E-state index < -0.39 is 0 Å². The Balaban J connectivity index is 1.79. The molecule has 0 saturated carbocycles. The number of nitrogens with one attached hydrogen (secondary N) is 2. The number of anilines is 3. The van der Waals surface area contributed by atoms with E-state index in [0.29, 0.717) is 34.2 Å². The fourth-order valence-corrected chi connectivity index (χ4v) is 2.82. The van der Waals surface area contributed by atoms with Crippen LogP contribution < -0.4 is 24.8 Å². The van der Waals surface area contributed by atoms with Gasteiger partial charge in [-0.15, -0.1) is 0 Å². The van der Waals surface area contributed by atoms with Crippen LogP contribution >= 0.6 is 0 Å². The van der Waals surface area contributed by atoms with Gasteiger partial charge in [-0.2, -0.15) is 0 Å². The Labute approximate surface area is 169 Å². The minimum Gasteiger partial charge on any atom is -0.495 e. The van der Waals surface area contributed by atoms with Crippen LogP contribution in [0.3, 0.4) is 0 Å². The Hall–Kier alpha value is -3.74. The molecule has 3 aromatic rings. The van der Waals surface area contributed by atoms with Gasteiger partial charge in [0, 0.05) is 18.0 Å². The first-order chi connectivity index (χ1) is 14.0. The van der Waals surface area contributed by atoms with Gasteiger partial charge in [0.1, 0.15) is 5.75 Å². The van der Waals surface area contributed by atoms with Gasteiger partial charge in [-0.1, -0.05) is 6.07 Å². The fourth-order valence-electron chi connectivity index (χ4n) is 2.82. The topological polar surface area (TPSA) is 81.7 Å². The zero-order chi connectivity index (χ0) is 20.8. The number of pyridine rings is 1. The van der Waals surface area contributed by atoms with Crippen molar-refractivity contribution >= 4 is 23.0 Å². The van der Waals surface area contributed by atoms with Crippen LogP contribution in [-0.4, -0.2) is 32.2 Å². The Kier molecular flexibility index (Phi) is 6.19. The normalized spacial score (nSPS) is 10.2. The van der Waals surface area contributed by atoms with E-state index in [1.54, 1.807) is 51.8 Å². The van der Waals surface area contributed by atoms with Gasteiger partial charge in [-0.3, -0.25) is 9.78 Å². The highest BCUT2D eigenvalue weighted by Gasteiger charge is 2.11. The average molecular weight is 393 g/mol. The van der Waals surface area contributed by atoms with Crippen LogP contribution in [0.1, 0.15) is 15.9 Å². The van der Waals surface area contributed by atoms with Crippen LogP contribution in [0.4, 0.5) is 17.1 Å². The summed E-state index contributed by atoms with van der Waals surface area (Å²) in [6.07, 6.45) is 3.16. The van der Waals surface area contributed by atoms with E-state index in [-0.39, 0.29) is 5.91 Å². The number of methoxy groups -OCH3 is 3. The fraction of sp³-hybridized carbons (Fsp3) is 0.182. The number of hydrogen-bond acceptors (Lipinski definition) is 6. The van der Waals surface area contributed by atoms with Gasteiger partial charge in [-0.05, 0) is 42.8 Å². The van der Waals surface area contributed by atoms with Gasteiger partial charge in [0.25, 0.3) is 5.91 Å². The molecule has 1 heterocycles. The molecule has 3 rings (SSSR count). The van der Waals surface area contributed by atoms with E-state index in [0.717, 1.165) is 11.3 Å². The van der Waals surface area contributed by atoms with Crippen molar-refractivity contribution in [3.63, 3.8) is 0 Å². The molecular weight excluding hydrogens is 370 g/mol. The molecule has 0 aliphatic rings. The van der Waals surface area contributed by atoms with Crippen molar-refractivity contribution in [3.05, 3.63) is 66.0 Å². The second-order valence-electron chi connectivity index (χ2n) is 6.31. The van der Waals surface area contributed by atoms with Gasteiger partial charge < -0.3 is 24.8 Å². The Morgan fingerprint density at radius 2 is 1.55 bits per heavy atom. The first kappa shape index (κ1) is 20.0. The Bertz CT molecular complexity index is 1020. The maximum absolute atomic E-state index is 12.7. The van der Waals surface area contributed by atoms with E-state index >= 15 is 0 Å². The SMILES string of the molecule is COc1ccc(C)cc1Nc1cncc(C(=O)Nc2ccc(OC)c(OC)c2)c1. The van der Waals surface area contributed by atoms with Gasteiger partial charge in [0.05, 0.1) is 44.5 Å². The van der Waals surface area contributed by atoms with Gasteiger partial charge in [0.2, 0.25) is 0 Å². The summed E-state index contributed by atoms with van der Waals surface area (Å²) in [4.78, 5) is 16.8. The lowest BCUT2D eigenvalue weighted by molar-refractivity contribution is 0.102. The van der Waals surface area contributed by atoms with E-state index in [2.05, 4.69) is 15.6 Å². The smallest absolute Gasteiger partial charge is 0.257 e. The Morgan fingerprint density at radius 1 is 0.828 bits per heavy atom. The van der Waals surface area contributed by atoms with E-state index in [1.807, 2.05) is 25.1 Å². The third kappa shape index (κ3) is 4.76. The molecule has 150 valence electrons. The number of carbonyl (C=O) groups excluding carboxylic acids is 1. The monoisotopic (exact) mass is 393 g/mol. The molecule has 0 saturated heterocycles. The zero-order valence-electron chi connectivity index (χ0n) is 16.8. The lowest BCUT2D eigenvalue weighted by Crippen LogP contribution is -2.12. The van der Waals surface area contributed by atoms with Crippen LogP contribution in [0.2, 0.25) is 0 Å². The van der Waals surface area contributed by atoms with Crippen LogP contribution in [0.15, 0.2) is 54.9 Å². The predicted octanol–water partition coefficient (Wildman–Crippen LogP) is 4.41. The summed E-state index contributed by atoms with van der Waals surface area (Å²) in [5, 5.41) is 6.09. The van der Waals surface area contributed by atoms with E-state index in [4.69, 9.17) is 14.2 Å². The average Bonchev–Trinajstić information content (AvgIpc) is 2.74. The maximum atomic E-state index is 12.7. The highest BCUT2D eigenvalue weighted by molar-refractivity contribution is 6.04. The van der Waals surface area contributed by atoms with E-state index in [9.17, 15) is 4.79 Å². The summed E-state index contributed by atoms with van der Waals surface area (Å²) in [6, 6.07) is 12.7. The molecule has 7 nitrogen and oxygen atoms in total. The largest absolute Gasteiger partial charge is 0.495 e. The summed E-state index contributed by atoms with van der Waals surface area (Å²) in [6.45, 7) is 2.00. The standard InChI is InChI=1S/C22H23N3O4/c1-14-5-7-19(27-2)18(9-14)24-17-10-15(12-23-13-17)22(26)25-16-6-8-20(28-3)21(11-16)29-4/h5-13,24H,1-4H3,(H,25,26). The molecule has 0 bridgehead atoms. The molecule has 0 unspecified atom stereocenters. The number of carbonyl (C=O) groups is 1. The summed E-state index contributed by atoms with van der Waals surface area (Å²) >= 11 is 0. The molecule has 29 heavy (non-hydrogen) atoms. The second kappa shape index (κ2) is 8.97. The van der Waals surface area contributed by atoms with Gasteiger partial charge >= 0.3 is 0 Å². The highest BCUT2D eigenvalue weighted by Crippen LogP contribution is 2.31. The van der Waals surface area contributed by atoms with Crippen LogP contribution in [0.25, 0.3) is 0 Å². The number of benzene rings is 2. The quantitative estimate of drug-likeness (QED) is 0.619. The van der Waals surface area contributed by atoms with Crippen LogP contribution in [0.5, 0.6) is 17.2 Å². The first-order valence-corrected chi connectivity index (χ1v) is 8.94. The number of nitrogens with zero attached hydrogens (tertiary/aromatic N) is 1. The van der Waals surface area contributed by atoms with Crippen molar-refractivity contribution in [2.45, 2.75) is 6.92 Å². The molecule has 0 aliphatic carbocycles. The summed E-state index contributed by atoms with van der Waals surface area (Å²) in [5.41, 5.74) is 3.56. The van der Waals surface area contributed by atoms with Crippen molar-refractivity contribution in [1.29, 1.82) is 0 Å². The van der Waals surface area contributed by atoms with Crippen molar-refractivity contribution in [2.24, 2.45) is 0 Å². The molecule has 2 aromatic carbocycles. The number of ether oxygens (including phenoxy) is 3. The lowest BCUT2D eigenvalue weighted by Gasteiger charge is -2.13. The molecule has 1 aromatic heterocycles. The summed E-state index contributed by atoms with van der Waals surface area (Å²) in [5.74, 6) is 1.54. The molecule has 7 heteroatoms. The third-order valence-electron chi connectivity index (χ3n) is 4.28. The molecule has 1 amide bonds. The molecule has 0 fully saturated rings. The molecule has 0 atom stereocenters. The minimum absolute atomic E-state index is 0.287. The third-order valence-corrected chi connectivity index (χ3v) is 4.28. The summed E-state index contributed by atoms with van der Waals surface area (Å²) < 4.78 is 15.9. The molecule has 2 N–H and O–H groups in total. The number of aromatic nitrogens is 1. The van der Waals surface area contributed by atoms with Crippen LogP contribution in [0, 0.1) is 6.92 Å². The van der Waals surface area contributed by atoms with Crippen LogP contribution in [-0.2, 0) is 0 Å². The van der Waals surface area contributed by atoms with Crippen molar-refractivity contribution in [3.8, 4) is 17.2 Å². The van der Waals surface area contributed by atoms with Crippen molar-refractivity contribution < 1.29 is 19.0 Å². The second-order valence-corrected chi connectivity index (χ2v) is 6.31. The van der Waals surface area contributed by atoms with E-state index in [1.165, 1.54) is 6.20 Å². The Morgan fingerprint density at radius 3 is 2.28 bits per heavy atom. The molecular formula is C22H23N3O4. The van der Waals surface area contributed by atoms with Crippen molar-refractivity contribution in [2.75, 3.05) is 32.0 Å². The van der Waals surface area contributed by atoms with Crippen molar-refractivity contribution in [1.82, 2.24) is 4.98 Å². The highest BCUT2D eigenvalue weighted by atomic mass is 16.5. The number of rotatable bonds is 7. The maximum Gasteiger partial charge on any atom is 0.257 e. The molecule has 0 aliphatic heterocycles. The zero-order valence-corrected chi connectivity index (χ0v) is 16.8. The molecule has 0 radical (unpaired) electrons. The minimum atomic E-state index is -0.287. The predicted molar refractivity (Wildman–Crippen MR) is 113 cm³/mol. The number of hydrogen-bond donors (Lipinski definition) is 2. The lowest BCUT2D eigenvalue weighted by atomic mass is 10.2. The number of aryl methyl sites for hydroxylation is 1.